The van der Waals surface area contributed by atoms with E-state index in [9.17, 15) is 18.0 Å². The molecule has 0 bridgehead atoms. The molecule has 106 valence electrons. The van der Waals surface area contributed by atoms with Gasteiger partial charge in [0.25, 0.3) is 0 Å². The molecule has 1 atom stereocenters. The normalized spacial score (nSPS) is 17.3. The molecule has 1 saturated carbocycles. The van der Waals surface area contributed by atoms with Gasteiger partial charge >= 0.3 is 12.1 Å². The number of carbonyl (C=O) groups is 1. The van der Waals surface area contributed by atoms with Gasteiger partial charge in [-0.3, -0.25) is 0 Å². The molecule has 4 nitrogen and oxygen atoms in total. The number of hydrogen-bond acceptors (Lipinski definition) is 4. The highest BCUT2D eigenvalue weighted by Crippen LogP contribution is 2.43. The van der Waals surface area contributed by atoms with Gasteiger partial charge in [0.05, 0.1) is 6.61 Å². The molecular formula is C12H14F3NO3. The minimum atomic E-state index is -4.73. The van der Waals surface area contributed by atoms with Gasteiger partial charge in [-0.25, -0.2) is 9.78 Å². The Labute approximate surface area is 107 Å². The number of aromatic nitrogens is 1. The summed E-state index contributed by atoms with van der Waals surface area (Å²) in [6.45, 7) is 3.23. The first kappa shape index (κ1) is 13.9. The molecule has 19 heavy (non-hydrogen) atoms. The second-order valence-corrected chi connectivity index (χ2v) is 4.57. The third-order valence-corrected chi connectivity index (χ3v) is 3.09. The van der Waals surface area contributed by atoms with Crippen molar-refractivity contribution in [2.24, 2.45) is 5.92 Å². The molecule has 0 aliphatic heterocycles. The van der Waals surface area contributed by atoms with E-state index in [0.717, 1.165) is 12.8 Å². The number of hydrogen-bond donors (Lipinski definition) is 0. The lowest BCUT2D eigenvalue weighted by Gasteiger charge is -2.03. The van der Waals surface area contributed by atoms with Crippen LogP contribution in [0.3, 0.4) is 0 Å². The van der Waals surface area contributed by atoms with Crippen molar-refractivity contribution < 1.29 is 27.1 Å². The van der Waals surface area contributed by atoms with E-state index in [4.69, 9.17) is 4.42 Å². The number of nitrogens with zero attached hydrogens (tertiary/aromatic N) is 1. The molecule has 0 N–H and O–H groups in total. The average Bonchev–Trinajstić information content (AvgIpc) is 3.04. The zero-order valence-corrected chi connectivity index (χ0v) is 10.6. The summed E-state index contributed by atoms with van der Waals surface area (Å²) in [6.07, 6.45) is -2.84. The van der Waals surface area contributed by atoms with Gasteiger partial charge in [0.2, 0.25) is 5.76 Å². The van der Waals surface area contributed by atoms with E-state index in [-0.39, 0.29) is 24.3 Å². The van der Waals surface area contributed by atoms with Crippen LogP contribution in [0.4, 0.5) is 13.2 Å². The van der Waals surface area contributed by atoms with E-state index >= 15 is 0 Å². The van der Waals surface area contributed by atoms with Crippen LogP contribution in [-0.2, 0) is 10.9 Å². The summed E-state index contributed by atoms with van der Waals surface area (Å²) in [5.41, 5.74) is -1.30. The van der Waals surface area contributed by atoms with Gasteiger partial charge in [0, 0.05) is 5.92 Å². The molecule has 1 unspecified atom stereocenters. The fourth-order valence-corrected chi connectivity index (χ4v) is 1.86. The highest BCUT2D eigenvalue weighted by Gasteiger charge is 2.43. The summed E-state index contributed by atoms with van der Waals surface area (Å²) in [5, 5.41) is 0. The minimum absolute atomic E-state index is 0.0235. The quantitative estimate of drug-likeness (QED) is 0.792. The monoisotopic (exact) mass is 277 g/mol. The summed E-state index contributed by atoms with van der Waals surface area (Å²) in [4.78, 5) is 14.9. The molecule has 0 saturated heterocycles. The molecule has 1 fully saturated rings. The van der Waals surface area contributed by atoms with E-state index in [1.54, 1.807) is 6.92 Å². The van der Waals surface area contributed by atoms with Crippen molar-refractivity contribution in [1.29, 1.82) is 0 Å². The second kappa shape index (κ2) is 4.86. The fourth-order valence-electron chi connectivity index (χ4n) is 1.86. The highest BCUT2D eigenvalue weighted by molar-refractivity contribution is 5.87. The molecule has 0 radical (unpaired) electrons. The van der Waals surface area contributed by atoms with Crippen LogP contribution in [0, 0.1) is 5.92 Å². The predicted molar refractivity (Wildman–Crippen MR) is 58.6 cm³/mol. The van der Waals surface area contributed by atoms with Crippen LogP contribution in [0.15, 0.2) is 4.42 Å². The average molecular weight is 277 g/mol. The Kier molecular flexibility index (Phi) is 3.56. The Hall–Kier alpha value is -1.53. The lowest BCUT2D eigenvalue weighted by atomic mass is 10.1. The van der Waals surface area contributed by atoms with Crippen molar-refractivity contribution in [1.82, 2.24) is 4.98 Å². The number of alkyl halides is 3. The molecule has 0 spiro atoms. The van der Waals surface area contributed by atoms with Crippen molar-refractivity contribution in [3.05, 3.63) is 17.3 Å². The summed E-state index contributed by atoms with van der Waals surface area (Å²) in [6, 6.07) is 0. The van der Waals surface area contributed by atoms with E-state index in [1.807, 2.05) is 0 Å². The maximum Gasteiger partial charge on any atom is 0.437 e. The number of esters is 1. The SMILES string of the molecule is CCOC(=O)c1oc(C(C)C2CC2)nc1C(F)(F)F. The molecule has 0 aromatic carbocycles. The predicted octanol–water partition coefficient (Wildman–Crippen LogP) is 3.38. The Balaban J connectivity index is 2.36. The lowest BCUT2D eigenvalue weighted by molar-refractivity contribution is -0.141. The van der Waals surface area contributed by atoms with Gasteiger partial charge in [0.1, 0.15) is 0 Å². The minimum Gasteiger partial charge on any atom is -0.460 e. The van der Waals surface area contributed by atoms with E-state index < -0.39 is 23.6 Å². The van der Waals surface area contributed by atoms with Crippen LogP contribution in [0.5, 0.6) is 0 Å². The number of carbonyl (C=O) groups excluding carboxylic acids is 1. The van der Waals surface area contributed by atoms with Crippen LogP contribution in [-0.4, -0.2) is 17.6 Å². The third-order valence-electron chi connectivity index (χ3n) is 3.09. The number of oxazole rings is 1. The smallest absolute Gasteiger partial charge is 0.437 e. The van der Waals surface area contributed by atoms with E-state index in [0.29, 0.717) is 0 Å². The molecule has 2 rings (SSSR count). The summed E-state index contributed by atoms with van der Waals surface area (Å²) < 4.78 is 48.0. The van der Waals surface area contributed by atoms with Gasteiger partial charge < -0.3 is 9.15 Å². The Morgan fingerprint density at radius 3 is 2.63 bits per heavy atom. The molecule has 1 aromatic heterocycles. The molecule has 0 amide bonds. The van der Waals surface area contributed by atoms with Crippen LogP contribution >= 0.6 is 0 Å². The Bertz CT molecular complexity index is 477. The first-order chi connectivity index (χ1) is 8.84. The highest BCUT2D eigenvalue weighted by atomic mass is 19.4. The summed E-state index contributed by atoms with van der Waals surface area (Å²) >= 11 is 0. The molecule has 1 aromatic rings. The number of halogens is 3. The molecule has 7 heteroatoms. The van der Waals surface area contributed by atoms with E-state index in [2.05, 4.69) is 9.72 Å². The van der Waals surface area contributed by atoms with Gasteiger partial charge in [-0.05, 0) is 25.7 Å². The van der Waals surface area contributed by atoms with Gasteiger partial charge in [-0.15, -0.1) is 0 Å². The maximum absolute atomic E-state index is 12.8. The molecular weight excluding hydrogens is 263 g/mol. The standard InChI is InChI=1S/C12H14F3NO3/c1-3-18-11(17)8-9(12(13,14)15)16-10(19-8)6(2)7-4-5-7/h6-7H,3-5H2,1-2H3. The van der Waals surface area contributed by atoms with Crippen LogP contribution in [0.2, 0.25) is 0 Å². The molecule has 1 aliphatic carbocycles. The van der Waals surface area contributed by atoms with Crippen molar-refractivity contribution in [2.75, 3.05) is 6.61 Å². The summed E-state index contributed by atoms with van der Waals surface area (Å²) in [7, 11) is 0. The van der Waals surface area contributed by atoms with Crippen molar-refractivity contribution in [3.8, 4) is 0 Å². The van der Waals surface area contributed by atoms with Crippen LogP contribution in [0.25, 0.3) is 0 Å². The Morgan fingerprint density at radius 2 is 2.16 bits per heavy atom. The summed E-state index contributed by atoms with van der Waals surface area (Å²) in [5.74, 6) is -1.95. The van der Waals surface area contributed by atoms with Crippen molar-refractivity contribution in [2.45, 2.75) is 38.8 Å². The molecule has 1 aliphatic rings. The first-order valence-corrected chi connectivity index (χ1v) is 6.09. The zero-order chi connectivity index (χ0) is 14.2. The molecule has 1 heterocycles. The lowest BCUT2D eigenvalue weighted by Crippen LogP contribution is -2.14. The van der Waals surface area contributed by atoms with Crippen LogP contribution < -0.4 is 0 Å². The topological polar surface area (TPSA) is 52.3 Å². The second-order valence-electron chi connectivity index (χ2n) is 4.57. The van der Waals surface area contributed by atoms with Crippen molar-refractivity contribution in [3.63, 3.8) is 0 Å². The fraction of sp³-hybridized carbons (Fsp3) is 0.667. The van der Waals surface area contributed by atoms with Gasteiger partial charge in [-0.2, -0.15) is 13.2 Å². The number of ether oxygens (including phenoxy) is 1. The van der Waals surface area contributed by atoms with E-state index in [1.165, 1.54) is 6.92 Å². The van der Waals surface area contributed by atoms with Gasteiger partial charge in [0.15, 0.2) is 11.6 Å². The Morgan fingerprint density at radius 1 is 1.53 bits per heavy atom. The third kappa shape index (κ3) is 2.90. The zero-order valence-electron chi connectivity index (χ0n) is 10.6. The van der Waals surface area contributed by atoms with Gasteiger partial charge in [-0.1, -0.05) is 6.92 Å². The number of rotatable bonds is 4. The maximum atomic E-state index is 12.8. The van der Waals surface area contributed by atoms with Crippen LogP contribution in [0.1, 0.15) is 54.7 Å². The van der Waals surface area contributed by atoms with Crippen molar-refractivity contribution >= 4 is 5.97 Å². The first-order valence-electron chi connectivity index (χ1n) is 6.09. The largest absolute Gasteiger partial charge is 0.460 e.